The smallest absolute Gasteiger partial charge is 0.314 e. The van der Waals surface area contributed by atoms with Crippen LogP contribution in [0.5, 0.6) is 0 Å². The number of hydrogen-bond donors (Lipinski definition) is 3. The molecule has 1 saturated heterocycles. The van der Waals surface area contributed by atoms with Crippen LogP contribution in [0.1, 0.15) is 12.8 Å². The maximum atomic E-state index is 11.6. The molecule has 3 N–H and O–H groups in total. The third-order valence-corrected chi connectivity index (χ3v) is 3.52. The topological polar surface area (TPSA) is 75.3 Å². The molecule has 1 unspecified atom stereocenters. The minimum absolute atomic E-state index is 0.144. The Morgan fingerprint density at radius 3 is 2.95 bits per heavy atom. The van der Waals surface area contributed by atoms with Gasteiger partial charge < -0.3 is 20.7 Å². The lowest BCUT2D eigenvalue weighted by atomic mass is 10.2. The Hall–Kier alpha value is -1.24. The molecule has 1 aliphatic heterocycles. The number of amides is 2. The number of rotatable bonds is 6. The van der Waals surface area contributed by atoms with Gasteiger partial charge in [0.1, 0.15) is 5.82 Å². The van der Waals surface area contributed by atoms with Gasteiger partial charge in [0.15, 0.2) is 0 Å². The van der Waals surface area contributed by atoms with Gasteiger partial charge in [-0.1, -0.05) is 23.2 Å². The van der Waals surface area contributed by atoms with E-state index in [0.717, 1.165) is 19.4 Å². The van der Waals surface area contributed by atoms with Crippen LogP contribution in [0.2, 0.25) is 10.0 Å². The highest BCUT2D eigenvalue weighted by Crippen LogP contribution is 2.21. The van der Waals surface area contributed by atoms with E-state index in [9.17, 15) is 4.79 Å². The van der Waals surface area contributed by atoms with Crippen molar-refractivity contribution in [1.29, 1.82) is 0 Å². The van der Waals surface area contributed by atoms with E-state index in [4.69, 9.17) is 27.9 Å². The molecule has 0 spiro atoms. The summed E-state index contributed by atoms with van der Waals surface area (Å²) < 4.78 is 5.42. The van der Waals surface area contributed by atoms with Crippen molar-refractivity contribution in [2.45, 2.75) is 18.9 Å². The predicted molar refractivity (Wildman–Crippen MR) is 83.1 cm³/mol. The second kappa shape index (κ2) is 8.26. The van der Waals surface area contributed by atoms with E-state index in [1.807, 2.05) is 0 Å². The third-order valence-electron chi connectivity index (χ3n) is 3.03. The van der Waals surface area contributed by atoms with E-state index in [-0.39, 0.29) is 12.1 Å². The number of nitrogens with one attached hydrogen (secondary N) is 3. The van der Waals surface area contributed by atoms with Crippen molar-refractivity contribution in [2.75, 3.05) is 31.6 Å². The van der Waals surface area contributed by atoms with Crippen LogP contribution in [-0.2, 0) is 4.74 Å². The number of urea groups is 1. The molecule has 8 heteroatoms. The van der Waals surface area contributed by atoms with Crippen molar-refractivity contribution < 1.29 is 9.53 Å². The van der Waals surface area contributed by atoms with Crippen molar-refractivity contribution in [3.05, 3.63) is 22.3 Å². The Kier molecular flexibility index (Phi) is 6.35. The van der Waals surface area contributed by atoms with E-state index >= 15 is 0 Å². The molecule has 1 fully saturated rings. The van der Waals surface area contributed by atoms with Gasteiger partial charge in [-0.15, -0.1) is 0 Å². The number of aromatic nitrogens is 1. The summed E-state index contributed by atoms with van der Waals surface area (Å²) in [5, 5.41) is 9.48. The molecule has 0 aliphatic carbocycles. The molecule has 116 valence electrons. The summed E-state index contributed by atoms with van der Waals surface area (Å²) in [4.78, 5) is 15.6. The Morgan fingerprint density at radius 1 is 1.38 bits per heavy atom. The van der Waals surface area contributed by atoms with Crippen LogP contribution in [0.4, 0.5) is 10.6 Å². The molecule has 21 heavy (non-hydrogen) atoms. The first-order chi connectivity index (χ1) is 10.1. The largest absolute Gasteiger partial charge is 0.376 e. The number of hydrogen-bond acceptors (Lipinski definition) is 4. The van der Waals surface area contributed by atoms with E-state index < -0.39 is 0 Å². The zero-order chi connectivity index (χ0) is 15.1. The van der Waals surface area contributed by atoms with Crippen LogP contribution >= 0.6 is 23.2 Å². The number of carbonyl (C=O) groups excluding carboxylic acids is 1. The maximum Gasteiger partial charge on any atom is 0.314 e. The number of ether oxygens (including phenoxy) is 1. The predicted octanol–water partition coefficient (Wildman–Crippen LogP) is 2.28. The maximum absolute atomic E-state index is 11.6. The number of nitrogens with zero attached hydrogens (tertiary/aromatic N) is 1. The van der Waals surface area contributed by atoms with Crippen LogP contribution in [0, 0.1) is 0 Å². The van der Waals surface area contributed by atoms with Crippen molar-refractivity contribution in [3.63, 3.8) is 0 Å². The van der Waals surface area contributed by atoms with Crippen LogP contribution in [0.25, 0.3) is 0 Å². The molecule has 1 aliphatic rings. The lowest BCUT2D eigenvalue weighted by Crippen LogP contribution is -2.41. The molecule has 0 saturated carbocycles. The quantitative estimate of drug-likeness (QED) is 0.698. The first-order valence-electron chi connectivity index (χ1n) is 6.83. The Balaban J connectivity index is 1.59. The Labute approximate surface area is 133 Å². The molecule has 1 aromatic heterocycles. The molecule has 1 aromatic rings. The van der Waals surface area contributed by atoms with Crippen LogP contribution < -0.4 is 16.0 Å². The minimum atomic E-state index is -0.206. The van der Waals surface area contributed by atoms with Crippen LogP contribution in [0.15, 0.2) is 12.3 Å². The fraction of sp³-hybridized carbons (Fsp3) is 0.538. The fourth-order valence-electron chi connectivity index (χ4n) is 1.98. The van der Waals surface area contributed by atoms with Crippen LogP contribution in [0.3, 0.4) is 0 Å². The standard InChI is InChI=1S/C13H18Cl2N4O2/c14-9-6-11(15)12(18-7-9)16-3-4-17-13(20)19-8-10-2-1-5-21-10/h6-7,10H,1-5,8H2,(H,16,18)(H2,17,19,20). The summed E-state index contributed by atoms with van der Waals surface area (Å²) in [7, 11) is 0. The Bertz CT molecular complexity index is 481. The summed E-state index contributed by atoms with van der Waals surface area (Å²) in [5.41, 5.74) is 0. The average molecular weight is 333 g/mol. The van der Waals surface area contributed by atoms with Gasteiger partial charge in [0, 0.05) is 32.4 Å². The lowest BCUT2D eigenvalue weighted by Gasteiger charge is -2.12. The van der Waals surface area contributed by atoms with Crippen molar-refractivity contribution in [3.8, 4) is 0 Å². The summed E-state index contributed by atoms with van der Waals surface area (Å²) in [5.74, 6) is 0.544. The van der Waals surface area contributed by atoms with E-state index in [2.05, 4.69) is 20.9 Å². The molecule has 0 radical (unpaired) electrons. The lowest BCUT2D eigenvalue weighted by molar-refractivity contribution is 0.111. The van der Waals surface area contributed by atoms with Gasteiger partial charge in [0.05, 0.1) is 16.1 Å². The fourth-order valence-corrected chi connectivity index (χ4v) is 2.42. The number of anilines is 1. The molecule has 2 heterocycles. The van der Waals surface area contributed by atoms with Crippen molar-refractivity contribution >= 4 is 35.1 Å². The van der Waals surface area contributed by atoms with Crippen molar-refractivity contribution in [1.82, 2.24) is 15.6 Å². The Morgan fingerprint density at radius 2 is 2.24 bits per heavy atom. The van der Waals surface area contributed by atoms with E-state index in [1.165, 1.54) is 6.20 Å². The van der Waals surface area contributed by atoms with Gasteiger partial charge in [-0.2, -0.15) is 0 Å². The summed E-state index contributed by atoms with van der Waals surface area (Å²) in [6.07, 6.45) is 3.72. The first kappa shape index (κ1) is 16.1. The summed E-state index contributed by atoms with van der Waals surface area (Å²) >= 11 is 11.7. The van der Waals surface area contributed by atoms with Gasteiger partial charge in [-0.3, -0.25) is 0 Å². The van der Waals surface area contributed by atoms with E-state index in [1.54, 1.807) is 6.07 Å². The van der Waals surface area contributed by atoms with Gasteiger partial charge in [-0.25, -0.2) is 9.78 Å². The van der Waals surface area contributed by atoms with Gasteiger partial charge >= 0.3 is 6.03 Å². The monoisotopic (exact) mass is 332 g/mol. The number of halogens is 2. The second-order valence-corrected chi connectivity index (χ2v) is 5.53. The minimum Gasteiger partial charge on any atom is -0.376 e. The molecule has 0 bridgehead atoms. The van der Waals surface area contributed by atoms with Gasteiger partial charge in [-0.05, 0) is 18.9 Å². The molecule has 1 atom stereocenters. The highest BCUT2D eigenvalue weighted by Gasteiger charge is 2.15. The van der Waals surface area contributed by atoms with Gasteiger partial charge in [0.2, 0.25) is 0 Å². The highest BCUT2D eigenvalue weighted by molar-refractivity contribution is 6.35. The van der Waals surface area contributed by atoms with Gasteiger partial charge in [0.25, 0.3) is 0 Å². The SMILES string of the molecule is O=C(NCCNc1ncc(Cl)cc1Cl)NCC1CCCO1. The molecule has 2 amide bonds. The third kappa shape index (κ3) is 5.57. The first-order valence-corrected chi connectivity index (χ1v) is 7.59. The molecular weight excluding hydrogens is 315 g/mol. The molecule has 0 aromatic carbocycles. The normalized spacial score (nSPS) is 17.5. The number of carbonyl (C=O) groups is 1. The zero-order valence-corrected chi connectivity index (χ0v) is 13.0. The summed E-state index contributed by atoms with van der Waals surface area (Å²) in [6.45, 7) is 2.30. The van der Waals surface area contributed by atoms with Crippen molar-refractivity contribution in [2.24, 2.45) is 0 Å². The van der Waals surface area contributed by atoms with Crippen LogP contribution in [-0.4, -0.2) is 43.4 Å². The molecule has 6 nitrogen and oxygen atoms in total. The number of pyridine rings is 1. The second-order valence-electron chi connectivity index (χ2n) is 4.68. The van der Waals surface area contributed by atoms with E-state index in [0.29, 0.717) is 35.5 Å². The molecule has 2 rings (SSSR count). The average Bonchev–Trinajstić information content (AvgIpc) is 2.96. The zero-order valence-electron chi connectivity index (χ0n) is 11.5. The summed E-state index contributed by atoms with van der Waals surface area (Å²) in [6, 6.07) is 1.41. The highest BCUT2D eigenvalue weighted by atomic mass is 35.5. The molecular formula is C13H18Cl2N4O2.